The number of aryl methyl sites for hydroxylation is 1. The average molecular weight is 403 g/mol. The Morgan fingerprint density at radius 3 is 2.27 bits per heavy atom. The first-order chi connectivity index (χ1) is 14.7. The van der Waals surface area contributed by atoms with Gasteiger partial charge in [0.05, 0.1) is 0 Å². The highest BCUT2D eigenvalue weighted by Gasteiger charge is 2.22. The quantitative estimate of drug-likeness (QED) is 0.438. The van der Waals surface area contributed by atoms with Crippen molar-refractivity contribution in [2.45, 2.75) is 70.6 Å². The van der Waals surface area contributed by atoms with Crippen molar-refractivity contribution in [1.29, 1.82) is 0 Å². The van der Waals surface area contributed by atoms with Gasteiger partial charge in [-0.15, -0.1) is 0 Å². The molecule has 158 valence electrons. The van der Waals surface area contributed by atoms with Crippen LogP contribution in [0.5, 0.6) is 0 Å². The highest BCUT2D eigenvalue weighted by Crippen LogP contribution is 2.37. The van der Waals surface area contributed by atoms with Crippen molar-refractivity contribution in [3.8, 4) is 0 Å². The Hall–Kier alpha value is -2.15. The lowest BCUT2D eigenvalue weighted by molar-refractivity contribution is 0.310. The van der Waals surface area contributed by atoms with Gasteiger partial charge < -0.3 is 0 Å². The van der Waals surface area contributed by atoms with Crippen molar-refractivity contribution in [2.75, 3.05) is 0 Å². The van der Waals surface area contributed by atoms with Crippen LogP contribution < -0.4 is 0 Å². The summed E-state index contributed by atoms with van der Waals surface area (Å²) in [5, 5.41) is 0. The Morgan fingerprint density at radius 2 is 1.60 bits per heavy atom. The van der Waals surface area contributed by atoms with Crippen LogP contribution in [-0.4, -0.2) is 0 Å². The average Bonchev–Trinajstić information content (AvgIpc) is 2.80. The summed E-state index contributed by atoms with van der Waals surface area (Å²) < 4.78 is 13.1. The maximum atomic E-state index is 13.1. The monoisotopic (exact) mass is 402 g/mol. The van der Waals surface area contributed by atoms with Crippen LogP contribution in [0.15, 0.2) is 72.3 Å². The molecule has 1 heteroatoms. The van der Waals surface area contributed by atoms with Gasteiger partial charge in [0.25, 0.3) is 0 Å². The molecule has 0 bridgehead atoms. The second-order valence-corrected chi connectivity index (χ2v) is 9.44. The summed E-state index contributed by atoms with van der Waals surface area (Å²) in [6.45, 7) is 2.37. The Kier molecular flexibility index (Phi) is 7.20. The number of hydrogen-bond donors (Lipinski definition) is 0. The van der Waals surface area contributed by atoms with E-state index in [1.165, 1.54) is 61.6 Å². The van der Waals surface area contributed by atoms with Gasteiger partial charge in [-0.25, -0.2) is 4.39 Å². The molecule has 2 aliphatic carbocycles. The highest BCUT2D eigenvalue weighted by molar-refractivity contribution is 5.28. The number of halogens is 1. The molecule has 30 heavy (non-hydrogen) atoms. The Balaban J connectivity index is 1.24. The molecule has 2 aromatic rings. The molecule has 0 nitrogen and oxygen atoms in total. The molecule has 4 rings (SSSR count). The molecule has 0 saturated heterocycles. The first-order valence-corrected chi connectivity index (χ1v) is 11.9. The van der Waals surface area contributed by atoms with Crippen molar-refractivity contribution >= 4 is 0 Å². The third kappa shape index (κ3) is 5.72. The highest BCUT2D eigenvalue weighted by atomic mass is 19.1. The molecular weight excluding hydrogens is 367 g/mol. The van der Waals surface area contributed by atoms with Crippen LogP contribution in [0.4, 0.5) is 4.39 Å². The van der Waals surface area contributed by atoms with E-state index in [1.54, 1.807) is 17.7 Å². The molecule has 0 unspecified atom stereocenters. The minimum atomic E-state index is -0.136. The molecule has 1 fully saturated rings. The maximum absolute atomic E-state index is 13.1. The van der Waals surface area contributed by atoms with Crippen LogP contribution >= 0.6 is 0 Å². The van der Waals surface area contributed by atoms with E-state index in [0.29, 0.717) is 5.92 Å². The second-order valence-electron chi connectivity index (χ2n) is 9.44. The topological polar surface area (TPSA) is 0 Å². The van der Waals surface area contributed by atoms with Gasteiger partial charge in [-0.3, -0.25) is 0 Å². The number of rotatable bonds is 7. The van der Waals surface area contributed by atoms with E-state index < -0.39 is 0 Å². The largest absolute Gasteiger partial charge is 0.207 e. The zero-order valence-electron chi connectivity index (χ0n) is 18.3. The Bertz CT molecular complexity index is 848. The van der Waals surface area contributed by atoms with Gasteiger partial charge in [0.2, 0.25) is 0 Å². The van der Waals surface area contributed by atoms with Crippen LogP contribution in [0.2, 0.25) is 0 Å². The fourth-order valence-corrected chi connectivity index (χ4v) is 5.25. The van der Waals surface area contributed by atoms with E-state index in [-0.39, 0.29) is 5.82 Å². The van der Waals surface area contributed by atoms with Crippen LogP contribution in [-0.2, 0) is 12.8 Å². The molecule has 0 heterocycles. The lowest BCUT2D eigenvalue weighted by Gasteiger charge is -2.29. The van der Waals surface area contributed by atoms with Gasteiger partial charge in [-0.05, 0) is 104 Å². The van der Waals surface area contributed by atoms with Crippen molar-refractivity contribution < 1.29 is 4.39 Å². The third-order valence-electron chi connectivity index (χ3n) is 7.27. The van der Waals surface area contributed by atoms with E-state index in [2.05, 4.69) is 49.4 Å². The molecule has 0 radical (unpaired) electrons. The molecule has 1 saturated carbocycles. The second kappa shape index (κ2) is 10.2. The number of allylic oxidation sites excluding steroid dienone is 4. The summed E-state index contributed by atoms with van der Waals surface area (Å²) in [5.74, 6) is 2.05. The van der Waals surface area contributed by atoms with Gasteiger partial charge in [0.15, 0.2) is 0 Å². The molecule has 0 spiro atoms. The predicted octanol–water partition coefficient (Wildman–Crippen LogP) is 8.19. The minimum Gasteiger partial charge on any atom is -0.207 e. The van der Waals surface area contributed by atoms with Gasteiger partial charge in [-0.2, -0.15) is 0 Å². The predicted molar refractivity (Wildman–Crippen MR) is 125 cm³/mol. The number of hydrogen-bond acceptors (Lipinski definition) is 0. The molecule has 0 amide bonds. The summed E-state index contributed by atoms with van der Waals surface area (Å²) in [6.07, 6.45) is 18.0. The van der Waals surface area contributed by atoms with E-state index in [9.17, 15) is 4.39 Å². The summed E-state index contributed by atoms with van der Waals surface area (Å²) in [6, 6.07) is 16.5. The molecule has 0 aromatic heterocycles. The fraction of sp³-hybridized carbons (Fsp3) is 0.448. The molecule has 2 aliphatic rings. The van der Waals surface area contributed by atoms with Crippen LogP contribution in [0.1, 0.15) is 74.5 Å². The SMILES string of the molecule is C[C@@H](Cc1ccc(C2CCC(CCc3ccc(F)cc3)CC2)cc1)C1=CC=CCC1. The van der Waals surface area contributed by atoms with Crippen molar-refractivity contribution in [1.82, 2.24) is 0 Å². The zero-order valence-corrected chi connectivity index (χ0v) is 18.3. The van der Waals surface area contributed by atoms with Gasteiger partial charge in [0, 0.05) is 0 Å². The van der Waals surface area contributed by atoms with Gasteiger partial charge >= 0.3 is 0 Å². The summed E-state index contributed by atoms with van der Waals surface area (Å²) in [5.41, 5.74) is 5.86. The molecule has 0 aliphatic heterocycles. The van der Waals surface area contributed by atoms with Crippen molar-refractivity contribution in [3.63, 3.8) is 0 Å². The first-order valence-electron chi connectivity index (χ1n) is 11.9. The van der Waals surface area contributed by atoms with E-state index >= 15 is 0 Å². The number of benzene rings is 2. The van der Waals surface area contributed by atoms with Crippen molar-refractivity contribution in [2.24, 2.45) is 11.8 Å². The summed E-state index contributed by atoms with van der Waals surface area (Å²) >= 11 is 0. The van der Waals surface area contributed by atoms with Crippen LogP contribution in [0.25, 0.3) is 0 Å². The lowest BCUT2D eigenvalue weighted by atomic mass is 9.76. The summed E-state index contributed by atoms with van der Waals surface area (Å²) in [7, 11) is 0. The molecular formula is C29H35F. The normalized spacial score (nSPS) is 22.5. The van der Waals surface area contributed by atoms with Crippen molar-refractivity contribution in [3.05, 3.63) is 94.8 Å². The van der Waals surface area contributed by atoms with E-state index in [1.807, 2.05) is 12.1 Å². The first kappa shape index (κ1) is 21.1. The Labute approximate surface area is 181 Å². The zero-order chi connectivity index (χ0) is 20.8. The maximum Gasteiger partial charge on any atom is 0.123 e. The van der Waals surface area contributed by atoms with E-state index in [0.717, 1.165) is 24.7 Å². The van der Waals surface area contributed by atoms with Gasteiger partial charge in [-0.1, -0.05) is 67.1 Å². The molecule has 1 atom stereocenters. The third-order valence-corrected chi connectivity index (χ3v) is 7.27. The smallest absolute Gasteiger partial charge is 0.123 e. The molecule has 0 N–H and O–H groups in total. The lowest BCUT2D eigenvalue weighted by Crippen LogP contribution is -2.14. The van der Waals surface area contributed by atoms with Gasteiger partial charge in [0.1, 0.15) is 5.82 Å². The summed E-state index contributed by atoms with van der Waals surface area (Å²) in [4.78, 5) is 0. The van der Waals surface area contributed by atoms with E-state index in [4.69, 9.17) is 0 Å². The van der Waals surface area contributed by atoms with Crippen LogP contribution in [0.3, 0.4) is 0 Å². The molecule has 2 aromatic carbocycles. The minimum absolute atomic E-state index is 0.136. The Morgan fingerprint density at radius 1 is 0.900 bits per heavy atom. The van der Waals surface area contributed by atoms with Crippen LogP contribution in [0, 0.1) is 17.7 Å². The fourth-order valence-electron chi connectivity index (χ4n) is 5.25. The standard InChI is InChI=1S/C29H35F/c1-22(26-5-3-2-4-6-26)21-25-11-17-28(18-12-25)27-15-9-23(10-16-27)7-8-24-13-19-29(30)20-14-24/h2-3,5,11-14,17-20,22-23,27H,4,6-10,15-16,21H2,1H3/t22-,23?,27?/m0/s1.